The SMILES string of the molecule is CC(=O)O.Oc1ccc(Cl)cc1C#Cc1ccccc1. The molecule has 4 heteroatoms. The molecular formula is C16H13ClO3. The Labute approximate surface area is 122 Å². The number of carboxylic acid groups (broad SMARTS) is 1. The summed E-state index contributed by atoms with van der Waals surface area (Å²) in [6, 6.07) is 14.4. The number of aliphatic carboxylic acids is 1. The van der Waals surface area contributed by atoms with Gasteiger partial charge in [0, 0.05) is 17.5 Å². The van der Waals surface area contributed by atoms with Crippen LogP contribution in [0.25, 0.3) is 0 Å². The standard InChI is InChI=1S/C14H9ClO.C2H4O2/c15-13-8-9-14(16)12(10-13)7-6-11-4-2-1-3-5-11;1-2(3)4/h1-5,8-10,16H;1H3,(H,3,4). The number of aromatic hydroxyl groups is 1. The van der Waals surface area contributed by atoms with Gasteiger partial charge < -0.3 is 10.2 Å². The molecule has 0 radical (unpaired) electrons. The zero-order valence-electron chi connectivity index (χ0n) is 10.8. The van der Waals surface area contributed by atoms with Gasteiger partial charge in [-0.3, -0.25) is 4.79 Å². The highest BCUT2D eigenvalue weighted by Gasteiger charge is 1.97. The maximum absolute atomic E-state index is 9.55. The lowest BCUT2D eigenvalue weighted by atomic mass is 10.1. The van der Waals surface area contributed by atoms with Crippen LogP contribution >= 0.6 is 11.6 Å². The van der Waals surface area contributed by atoms with Gasteiger partial charge in [0.15, 0.2) is 0 Å². The first-order valence-corrected chi connectivity index (χ1v) is 6.12. The molecule has 102 valence electrons. The summed E-state index contributed by atoms with van der Waals surface area (Å²) in [4.78, 5) is 9.00. The van der Waals surface area contributed by atoms with Gasteiger partial charge in [0.25, 0.3) is 5.97 Å². The smallest absolute Gasteiger partial charge is 0.300 e. The number of carbonyl (C=O) groups is 1. The van der Waals surface area contributed by atoms with Gasteiger partial charge in [-0.1, -0.05) is 41.6 Å². The summed E-state index contributed by atoms with van der Waals surface area (Å²) in [5.41, 5.74) is 1.44. The molecule has 0 saturated heterocycles. The second kappa shape index (κ2) is 7.88. The molecule has 2 aromatic carbocycles. The van der Waals surface area contributed by atoms with Crippen LogP contribution in [0.2, 0.25) is 5.02 Å². The fourth-order valence-corrected chi connectivity index (χ4v) is 1.44. The zero-order valence-corrected chi connectivity index (χ0v) is 11.6. The van der Waals surface area contributed by atoms with Gasteiger partial charge in [0.05, 0.1) is 5.56 Å². The largest absolute Gasteiger partial charge is 0.507 e. The van der Waals surface area contributed by atoms with Crippen LogP contribution in [0.4, 0.5) is 0 Å². The van der Waals surface area contributed by atoms with Crippen LogP contribution in [0.1, 0.15) is 18.1 Å². The monoisotopic (exact) mass is 288 g/mol. The average Bonchev–Trinajstić information content (AvgIpc) is 2.40. The van der Waals surface area contributed by atoms with Crippen molar-refractivity contribution in [1.29, 1.82) is 0 Å². The Bertz CT molecular complexity index is 636. The lowest BCUT2D eigenvalue weighted by molar-refractivity contribution is -0.134. The third kappa shape index (κ3) is 5.94. The van der Waals surface area contributed by atoms with Crippen LogP contribution in [0.15, 0.2) is 48.5 Å². The fraction of sp³-hybridized carbons (Fsp3) is 0.0625. The van der Waals surface area contributed by atoms with E-state index in [4.69, 9.17) is 21.5 Å². The highest BCUT2D eigenvalue weighted by molar-refractivity contribution is 6.30. The van der Waals surface area contributed by atoms with Crippen LogP contribution in [0.5, 0.6) is 5.75 Å². The maximum Gasteiger partial charge on any atom is 0.300 e. The van der Waals surface area contributed by atoms with Crippen LogP contribution in [0, 0.1) is 11.8 Å². The Morgan fingerprint density at radius 2 is 1.70 bits per heavy atom. The van der Waals surface area contributed by atoms with Gasteiger partial charge in [0.1, 0.15) is 5.75 Å². The molecular weight excluding hydrogens is 276 g/mol. The van der Waals surface area contributed by atoms with Gasteiger partial charge in [0.2, 0.25) is 0 Å². The number of hydrogen-bond donors (Lipinski definition) is 2. The van der Waals surface area contributed by atoms with E-state index in [1.807, 2.05) is 30.3 Å². The lowest BCUT2D eigenvalue weighted by Gasteiger charge is -1.96. The van der Waals surface area contributed by atoms with E-state index in [1.165, 1.54) is 6.07 Å². The Balaban J connectivity index is 0.000000444. The Morgan fingerprint density at radius 3 is 2.30 bits per heavy atom. The third-order valence-corrected chi connectivity index (χ3v) is 2.31. The number of phenolic OH excluding ortho intramolecular Hbond substituents is 1. The van der Waals surface area contributed by atoms with E-state index < -0.39 is 5.97 Å². The molecule has 0 spiro atoms. The first-order valence-electron chi connectivity index (χ1n) is 5.74. The van der Waals surface area contributed by atoms with E-state index in [9.17, 15) is 5.11 Å². The summed E-state index contributed by atoms with van der Waals surface area (Å²) >= 11 is 5.82. The summed E-state index contributed by atoms with van der Waals surface area (Å²) in [7, 11) is 0. The Kier molecular flexibility index (Phi) is 6.15. The molecule has 0 aromatic heterocycles. The van der Waals surface area contributed by atoms with Gasteiger partial charge >= 0.3 is 0 Å². The van der Waals surface area contributed by atoms with Crippen LogP contribution in [-0.2, 0) is 4.79 Å². The van der Waals surface area contributed by atoms with Gasteiger partial charge in [-0.2, -0.15) is 0 Å². The van der Waals surface area contributed by atoms with E-state index in [0.29, 0.717) is 10.6 Å². The molecule has 0 fully saturated rings. The highest BCUT2D eigenvalue weighted by Crippen LogP contribution is 2.20. The van der Waals surface area contributed by atoms with Gasteiger partial charge in [-0.15, -0.1) is 0 Å². The molecule has 0 aliphatic rings. The molecule has 0 amide bonds. The molecule has 0 bridgehead atoms. The Morgan fingerprint density at radius 1 is 1.10 bits per heavy atom. The number of halogens is 1. The molecule has 2 rings (SSSR count). The predicted molar refractivity (Wildman–Crippen MR) is 78.8 cm³/mol. The second-order valence-corrected chi connectivity index (χ2v) is 4.23. The number of rotatable bonds is 0. The van der Waals surface area contributed by atoms with Crippen molar-refractivity contribution in [2.45, 2.75) is 6.92 Å². The number of carboxylic acids is 1. The lowest BCUT2D eigenvalue weighted by Crippen LogP contribution is -1.78. The van der Waals surface area contributed by atoms with E-state index >= 15 is 0 Å². The first-order chi connectivity index (χ1) is 9.49. The van der Waals surface area contributed by atoms with E-state index in [2.05, 4.69) is 11.8 Å². The van der Waals surface area contributed by atoms with Crippen LogP contribution in [-0.4, -0.2) is 16.2 Å². The summed E-state index contributed by atoms with van der Waals surface area (Å²) < 4.78 is 0. The van der Waals surface area contributed by atoms with Crippen molar-refractivity contribution >= 4 is 17.6 Å². The van der Waals surface area contributed by atoms with Crippen molar-refractivity contribution in [2.24, 2.45) is 0 Å². The fourth-order valence-electron chi connectivity index (χ4n) is 1.27. The minimum atomic E-state index is -0.833. The van der Waals surface area contributed by atoms with Crippen molar-refractivity contribution in [3.63, 3.8) is 0 Å². The zero-order chi connectivity index (χ0) is 15.0. The van der Waals surface area contributed by atoms with Gasteiger partial charge in [-0.25, -0.2) is 0 Å². The molecule has 0 heterocycles. The summed E-state index contributed by atoms with van der Waals surface area (Å²) in [5, 5.41) is 17.5. The molecule has 0 atom stereocenters. The quantitative estimate of drug-likeness (QED) is 0.729. The molecule has 0 saturated carbocycles. The topological polar surface area (TPSA) is 57.5 Å². The number of benzene rings is 2. The molecule has 20 heavy (non-hydrogen) atoms. The molecule has 3 nitrogen and oxygen atoms in total. The summed E-state index contributed by atoms with van der Waals surface area (Å²) in [6.07, 6.45) is 0. The van der Waals surface area contributed by atoms with Crippen molar-refractivity contribution in [2.75, 3.05) is 0 Å². The van der Waals surface area contributed by atoms with Gasteiger partial charge in [-0.05, 0) is 30.3 Å². The Hall–Kier alpha value is -2.44. The first kappa shape index (κ1) is 15.6. The van der Waals surface area contributed by atoms with E-state index in [1.54, 1.807) is 12.1 Å². The minimum absolute atomic E-state index is 0.146. The summed E-state index contributed by atoms with van der Waals surface area (Å²) in [6.45, 7) is 1.08. The van der Waals surface area contributed by atoms with Crippen LogP contribution < -0.4 is 0 Å². The van der Waals surface area contributed by atoms with Crippen LogP contribution in [0.3, 0.4) is 0 Å². The van der Waals surface area contributed by atoms with E-state index in [-0.39, 0.29) is 5.75 Å². The molecule has 0 aliphatic carbocycles. The number of hydrogen-bond acceptors (Lipinski definition) is 2. The van der Waals surface area contributed by atoms with Crippen molar-refractivity contribution in [3.8, 4) is 17.6 Å². The molecule has 2 N–H and O–H groups in total. The molecule has 2 aromatic rings. The number of phenols is 1. The summed E-state index contributed by atoms with van der Waals surface area (Å²) in [5.74, 6) is 5.16. The highest BCUT2D eigenvalue weighted by atomic mass is 35.5. The predicted octanol–water partition coefficient (Wildman–Crippen LogP) is 3.54. The normalized spacial score (nSPS) is 8.70. The third-order valence-electron chi connectivity index (χ3n) is 2.07. The van der Waals surface area contributed by atoms with Crippen molar-refractivity contribution in [1.82, 2.24) is 0 Å². The average molecular weight is 289 g/mol. The maximum atomic E-state index is 9.55. The minimum Gasteiger partial charge on any atom is -0.507 e. The molecule has 0 unspecified atom stereocenters. The van der Waals surface area contributed by atoms with Crippen molar-refractivity contribution in [3.05, 3.63) is 64.7 Å². The second-order valence-electron chi connectivity index (χ2n) is 3.80. The van der Waals surface area contributed by atoms with Crippen molar-refractivity contribution < 1.29 is 15.0 Å². The van der Waals surface area contributed by atoms with E-state index in [0.717, 1.165) is 12.5 Å². The molecule has 0 aliphatic heterocycles.